The quantitative estimate of drug-likeness (QED) is 0.273. The molecule has 4 atom stereocenters. The highest BCUT2D eigenvalue weighted by Crippen LogP contribution is 2.36. The molecule has 1 aromatic heterocycles. The second kappa shape index (κ2) is 15.6. The number of imide groups is 1. The number of phenolic OH excluding ortho intramolecular Hbond substituents is 1. The smallest absolute Gasteiger partial charge is 0.320 e. The molecule has 2 aromatic carbocycles. The average molecular weight is 769 g/mol. The molecule has 1 unspecified atom stereocenters. The summed E-state index contributed by atoms with van der Waals surface area (Å²) in [6.07, 6.45) is 2.21. The molecule has 5 aliphatic rings. The number of piperazine rings is 2. The van der Waals surface area contributed by atoms with Gasteiger partial charge < -0.3 is 35.3 Å². The summed E-state index contributed by atoms with van der Waals surface area (Å²) < 4.78 is 15.1. The fourth-order valence-corrected chi connectivity index (χ4v) is 9.10. The predicted molar refractivity (Wildman–Crippen MR) is 208 cm³/mol. The standard InChI is InChI=1S/C40H49FN10O5/c1-24-20-47(22-26-11-13-48(14-12-26)27-7-8-29(31(41)17-27)38(54)43-32-9-10-36(53)44-39(32)55)21-25(2)51(24)40(56)49-15-16-50-28(23-49)19-42-37-34(50)18-33(45-46-37)30-5-3-4-6-35(30)52/h3-8,17-18,24-26,28,32,52H,9-16,19-23H2,1-2H3,(H,42,46)(H,43,54)(H,44,53,55)/t24-,25+,28-,32?/m0/s1. The number of benzene rings is 2. The summed E-state index contributed by atoms with van der Waals surface area (Å²) in [5.74, 6) is -0.950. The van der Waals surface area contributed by atoms with E-state index in [0.29, 0.717) is 54.9 Å². The molecule has 0 aliphatic carbocycles. The van der Waals surface area contributed by atoms with Crippen LogP contribution in [-0.4, -0.2) is 137 Å². The Morgan fingerprint density at radius 1 is 0.946 bits per heavy atom. The number of anilines is 3. The number of amides is 5. The molecule has 0 saturated carbocycles. The maximum absolute atomic E-state index is 15.1. The van der Waals surface area contributed by atoms with Crippen LogP contribution in [-0.2, 0) is 9.59 Å². The molecule has 0 bridgehead atoms. The number of phenols is 1. The molecule has 6 heterocycles. The highest BCUT2D eigenvalue weighted by Gasteiger charge is 2.40. The lowest BCUT2D eigenvalue weighted by molar-refractivity contribution is -0.134. The summed E-state index contributed by atoms with van der Waals surface area (Å²) in [6, 6.07) is 13.1. The van der Waals surface area contributed by atoms with E-state index in [1.165, 1.54) is 12.1 Å². The van der Waals surface area contributed by atoms with E-state index in [4.69, 9.17) is 0 Å². The van der Waals surface area contributed by atoms with E-state index < -0.39 is 23.7 Å². The van der Waals surface area contributed by atoms with Crippen molar-refractivity contribution in [3.8, 4) is 17.0 Å². The first-order valence-corrected chi connectivity index (χ1v) is 19.7. The summed E-state index contributed by atoms with van der Waals surface area (Å²) >= 11 is 0. The monoisotopic (exact) mass is 768 g/mol. The average Bonchev–Trinajstić information content (AvgIpc) is 3.18. The molecule has 0 radical (unpaired) electrons. The van der Waals surface area contributed by atoms with E-state index in [9.17, 15) is 24.3 Å². The number of aromatic nitrogens is 2. The molecule has 296 valence electrons. The second-order valence-corrected chi connectivity index (χ2v) is 15.8. The summed E-state index contributed by atoms with van der Waals surface area (Å²) in [6.45, 7) is 10.9. The van der Waals surface area contributed by atoms with Crippen molar-refractivity contribution < 1.29 is 28.7 Å². The van der Waals surface area contributed by atoms with Crippen LogP contribution in [0.2, 0.25) is 0 Å². The third kappa shape index (κ3) is 7.53. The van der Waals surface area contributed by atoms with Gasteiger partial charge in [-0.15, -0.1) is 10.2 Å². The molecule has 16 heteroatoms. The van der Waals surface area contributed by atoms with Gasteiger partial charge in [-0.25, -0.2) is 9.18 Å². The lowest BCUT2D eigenvalue weighted by Gasteiger charge is -2.50. The number of fused-ring (bicyclic) bond motifs is 3. The molecule has 4 saturated heterocycles. The van der Waals surface area contributed by atoms with E-state index in [1.807, 2.05) is 23.1 Å². The number of halogens is 1. The highest BCUT2D eigenvalue weighted by atomic mass is 19.1. The lowest BCUT2D eigenvalue weighted by atomic mass is 9.94. The SMILES string of the molecule is C[C@@H]1CN(CC2CCN(c3ccc(C(=O)NC4CCC(=O)NC4=O)c(F)c3)CC2)C[C@H](C)N1C(=O)N1CCN2c3cc(-c4ccccc4O)nnc3NC[C@H]2C1. The van der Waals surface area contributed by atoms with Crippen LogP contribution in [0.4, 0.5) is 26.4 Å². The van der Waals surface area contributed by atoms with Gasteiger partial charge in [0.1, 0.15) is 17.6 Å². The van der Waals surface area contributed by atoms with Crippen LogP contribution in [0.15, 0.2) is 48.5 Å². The Hall–Kier alpha value is -5.51. The van der Waals surface area contributed by atoms with Gasteiger partial charge in [-0.2, -0.15) is 0 Å². The van der Waals surface area contributed by atoms with Crippen LogP contribution in [0.25, 0.3) is 11.3 Å². The Labute approximate surface area is 325 Å². The zero-order valence-corrected chi connectivity index (χ0v) is 31.8. The first-order chi connectivity index (χ1) is 27.0. The first-order valence-electron chi connectivity index (χ1n) is 19.7. The molecule has 8 rings (SSSR count). The van der Waals surface area contributed by atoms with E-state index in [0.717, 1.165) is 51.3 Å². The van der Waals surface area contributed by atoms with E-state index >= 15 is 4.39 Å². The zero-order chi connectivity index (χ0) is 39.1. The fourth-order valence-electron chi connectivity index (χ4n) is 9.10. The molecule has 5 amide bonds. The van der Waals surface area contributed by atoms with Gasteiger partial charge in [0.15, 0.2) is 5.82 Å². The van der Waals surface area contributed by atoms with Gasteiger partial charge in [0.2, 0.25) is 11.8 Å². The number of carbonyl (C=O) groups excluding carboxylic acids is 4. The number of aromatic hydroxyl groups is 1. The maximum Gasteiger partial charge on any atom is 0.320 e. The largest absolute Gasteiger partial charge is 0.507 e. The molecule has 15 nitrogen and oxygen atoms in total. The summed E-state index contributed by atoms with van der Waals surface area (Å²) in [5.41, 5.74) is 2.75. The summed E-state index contributed by atoms with van der Waals surface area (Å²) in [4.78, 5) is 61.3. The van der Waals surface area contributed by atoms with Crippen LogP contribution in [0.3, 0.4) is 0 Å². The Balaban J connectivity index is 0.815. The number of urea groups is 1. The van der Waals surface area contributed by atoms with Crippen LogP contribution in [0, 0.1) is 11.7 Å². The predicted octanol–water partition coefficient (Wildman–Crippen LogP) is 2.87. The van der Waals surface area contributed by atoms with E-state index in [2.05, 4.69) is 59.6 Å². The Morgan fingerprint density at radius 2 is 1.71 bits per heavy atom. The first kappa shape index (κ1) is 37.4. The van der Waals surface area contributed by atoms with Gasteiger partial charge in [0.05, 0.1) is 23.0 Å². The van der Waals surface area contributed by atoms with Crippen LogP contribution < -0.4 is 25.8 Å². The summed E-state index contributed by atoms with van der Waals surface area (Å²) in [5, 5.41) is 27.3. The van der Waals surface area contributed by atoms with Crippen LogP contribution in [0.1, 0.15) is 49.9 Å². The van der Waals surface area contributed by atoms with Gasteiger partial charge in [0.25, 0.3) is 5.91 Å². The molecule has 5 aliphatic heterocycles. The normalized spacial score (nSPS) is 24.6. The Morgan fingerprint density at radius 3 is 2.45 bits per heavy atom. The van der Waals surface area contributed by atoms with Crippen molar-refractivity contribution in [1.29, 1.82) is 0 Å². The van der Waals surface area contributed by atoms with Gasteiger partial charge in [-0.1, -0.05) is 12.1 Å². The van der Waals surface area contributed by atoms with E-state index in [1.54, 1.807) is 18.2 Å². The highest BCUT2D eigenvalue weighted by molar-refractivity contribution is 6.04. The molecule has 0 spiro atoms. The number of rotatable bonds is 6. The topological polar surface area (TPSA) is 167 Å². The second-order valence-electron chi connectivity index (χ2n) is 15.8. The Bertz CT molecular complexity index is 2000. The van der Waals surface area contributed by atoms with Gasteiger partial charge in [0, 0.05) is 88.7 Å². The molecule has 56 heavy (non-hydrogen) atoms. The fraction of sp³-hybridized carbons (Fsp3) is 0.500. The van der Waals surface area contributed by atoms with Gasteiger partial charge >= 0.3 is 6.03 Å². The number of para-hydroxylation sites is 1. The molecular formula is C40H49FN10O5. The third-order valence-electron chi connectivity index (χ3n) is 12.0. The number of carbonyl (C=O) groups is 4. The van der Waals surface area contributed by atoms with Gasteiger partial charge in [-0.3, -0.25) is 24.6 Å². The van der Waals surface area contributed by atoms with Crippen molar-refractivity contribution in [3.05, 3.63) is 59.9 Å². The van der Waals surface area contributed by atoms with Crippen molar-refractivity contribution in [2.24, 2.45) is 5.92 Å². The van der Waals surface area contributed by atoms with Crippen LogP contribution in [0.5, 0.6) is 5.75 Å². The number of nitrogens with one attached hydrogen (secondary N) is 3. The maximum atomic E-state index is 15.1. The van der Waals surface area contributed by atoms with Crippen molar-refractivity contribution in [3.63, 3.8) is 0 Å². The molecule has 4 fully saturated rings. The minimum absolute atomic E-state index is 0.0552. The minimum atomic E-state index is -0.868. The van der Waals surface area contributed by atoms with Crippen molar-refractivity contribution in [2.45, 2.75) is 63.7 Å². The third-order valence-corrected chi connectivity index (χ3v) is 12.0. The molecule has 4 N–H and O–H groups in total. The number of nitrogens with zero attached hydrogens (tertiary/aromatic N) is 7. The minimum Gasteiger partial charge on any atom is -0.507 e. The number of piperidine rings is 2. The molecular weight excluding hydrogens is 720 g/mol. The summed E-state index contributed by atoms with van der Waals surface area (Å²) in [7, 11) is 0. The van der Waals surface area contributed by atoms with Crippen molar-refractivity contribution in [2.75, 3.05) is 74.0 Å². The van der Waals surface area contributed by atoms with Crippen LogP contribution >= 0.6 is 0 Å². The molecule has 3 aromatic rings. The van der Waals surface area contributed by atoms with E-state index in [-0.39, 0.29) is 54.2 Å². The number of hydrogen-bond acceptors (Lipinski definition) is 11. The Kier molecular flexibility index (Phi) is 10.4. The van der Waals surface area contributed by atoms with Crippen molar-refractivity contribution in [1.82, 2.24) is 35.5 Å². The number of hydrogen-bond donors (Lipinski definition) is 4. The van der Waals surface area contributed by atoms with Crippen molar-refractivity contribution >= 4 is 40.9 Å². The zero-order valence-electron chi connectivity index (χ0n) is 31.8. The van der Waals surface area contributed by atoms with Gasteiger partial charge in [-0.05, 0) is 75.4 Å². The lowest BCUT2D eigenvalue weighted by Crippen LogP contribution is -2.65.